The lowest BCUT2D eigenvalue weighted by molar-refractivity contribution is -0.384. The van der Waals surface area contributed by atoms with Crippen molar-refractivity contribution in [2.75, 3.05) is 13.2 Å². The van der Waals surface area contributed by atoms with Crippen molar-refractivity contribution in [2.24, 2.45) is 5.92 Å². The molecule has 1 fully saturated rings. The average molecular weight is 568 g/mol. The minimum atomic E-state index is -2.06. The van der Waals surface area contributed by atoms with Gasteiger partial charge in [-0.3, -0.25) is 10.1 Å². The lowest BCUT2D eigenvalue weighted by Gasteiger charge is -2.35. The highest BCUT2D eigenvalue weighted by Gasteiger charge is 2.32. The summed E-state index contributed by atoms with van der Waals surface area (Å²) in [5.74, 6) is 0.640. The molecule has 10 nitrogen and oxygen atoms in total. The number of carbonyl (C=O) groups excluding carboxylic acids is 2. The molecule has 0 saturated heterocycles. The molecule has 0 unspecified atom stereocenters. The van der Waals surface area contributed by atoms with Crippen LogP contribution in [0.5, 0.6) is 5.75 Å². The van der Waals surface area contributed by atoms with Gasteiger partial charge in [0.25, 0.3) is 5.69 Å². The maximum atomic E-state index is 12.9. The van der Waals surface area contributed by atoms with Crippen molar-refractivity contribution in [3.63, 3.8) is 0 Å². The highest BCUT2D eigenvalue weighted by atomic mass is 28.4. The molecule has 0 radical (unpaired) electrons. The molecule has 0 spiro atoms. The Morgan fingerprint density at radius 1 is 1.03 bits per heavy atom. The minimum Gasteiger partial charge on any atom is -0.450 e. The van der Waals surface area contributed by atoms with Gasteiger partial charge in [0, 0.05) is 26.8 Å². The van der Waals surface area contributed by atoms with E-state index in [4.69, 9.17) is 13.9 Å². The summed E-state index contributed by atoms with van der Waals surface area (Å²) in [5.41, 5.74) is -0.0839. The molecule has 1 aliphatic rings. The standard InChI is InChI=1S/C26H45N3O7Si2/c1-37(2,3)17-16-34-25(30)27-19-24(36-38(4,5)6)23(18-20-10-8-7-9-11-20)28-26(31)35-22-14-12-21(13-15-22)29(32)33/h12-15,20,23-24H,7-11,16-19H2,1-6H3,(H,27,30)(H,28,31)/t23-,24-/m0/s1. The molecule has 1 aliphatic carbocycles. The maximum Gasteiger partial charge on any atom is 0.412 e. The highest BCUT2D eigenvalue weighted by molar-refractivity contribution is 6.76. The Hall–Kier alpha value is -2.45. The fraction of sp³-hybridized carbons (Fsp3) is 0.692. The van der Waals surface area contributed by atoms with Crippen LogP contribution in [0.1, 0.15) is 38.5 Å². The molecule has 1 saturated carbocycles. The quantitative estimate of drug-likeness (QED) is 0.162. The lowest BCUT2D eigenvalue weighted by Crippen LogP contribution is -2.54. The van der Waals surface area contributed by atoms with Crippen LogP contribution in [0.15, 0.2) is 24.3 Å². The summed E-state index contributed by atoms with van der Waals surface area (Å²) in [7, 11) is -3.38. The van der Waals surface area contributed by atoms with E-state index in [9.17, 15) is 19.7 Å². The number of rotatable bonds is 13. The van der Waals surface area contributed by atoms with E-state index in [1.54, 1.807) is 0 Å². The van der Waals surface area contributed by atoms with Crippen LogP contribution >= 0.6 is 0 Å². The molecule has 214 valence electrons. The van der Waals surface area contributed by atoms with E-state index in [0.29, 0.717) is 18.9 Å². The highest BCUT2D eigenvalue weighted by Crippen LogP contribution is 2.29. The number of nitro benzene ring substituents is 1. The molecular formula is C26H45N3O7Si2. The van der Waals surface area contributed by atoms with Gasteiger partial charge >= 0.3 is 12.2 Å². The molecule has 2 N–H and O–H groups in total. The average Bonchev–Trinajstić information content (AvgIpc) is 2.81. The second-order valence-corrected chi connectivity index (χ2v) is 22.3. The summed E-state index contributed by atoms with van der Waals surface area (Å²) < 4.78 is 17.3. The molecule has 2 atom stereocenters. The van der Waals surface area contributed by atoms with Gasteiger partial charge in [-0.25, -0.2) is 9.59 Å². The molecule has 0 heterocycles. The van der Waals surface area contributed by atoms with Crippen molar-refractivity contribution in [3.8, 4) is 5.75 Å². The Labute approximate surface area is 228 Å². The zero-order chi connectivity index (χ0) is 28.3. The van der Waals surface area contributed by atoms with Crippen molar-refractivity contribution < 1.29 is 28.4 Å². The molecule has 0 aliphatic heterocycles. The first-order valence-electron chi connectivity index (χ1n) is 13.5. The number of non-ortho nitro benzene ring substituents is 1. The van der Waals surface area contributed by atoms with Crippen LogP contribution in [0.2, 0.25) is 45.3 Å². The molecule has 0 aromatic heterocycles. The lowest BCUT2D eigenvalue weighted by atomic mass is 9.83. The van der Waals surface area contributed by atoms with E-state index < -0.39 is 45.6 Å². The van der Waals surface area contributed by atoms with Crippen LogP contribution in [0.4, 0.5) is 15.3 Å². The Morgan fingerprint density at radius 3 is 2.21 bits per heavy atom. The topological polar surface area (TPSA) is 129 Å². The molecule has 1 aromatic carbocycles. The molecule has 38 heavy (non-hydrogen) atoms. The Balaban J connectivity index is 2.11. The molecule has 0 bridgehead atoms. The number of nitrogens with one attached hydrogen (secondary N) is 2. The fourth-order valence-electron chi connectivity index (χ4n) is 4.41. The zero-order valence-corrected chi connectivity index (χ0v) is 25.7. The maximum absolute atomic E-state index is 12.9. The van der Waals surface area contributed by atoms with Gasteiger partial charge in [-0.1, -0.05) is 51.7 Å². The van der Waals surface area contributed by atoms with Gasteiger partial charge in [0.1, 0.15) is 5.75 Å². The van der Waals surface area contributed by atoms with E-state index in [1.807, 2.05) is 0 Å². The monoisotopic (exact) mass is 567 g/mol. The van der Waals surface area contributed by atoms with E-state index >= 15 is 0 Å². The summed E-state index contributed by atoms with van der Waals surface area (Å²) in [5, 5.41) is 16.7. The predicted molar refractivity (Wildman–Crippen MR) is 153 cm³/mol. The minimum absolute atomic E-state index is 0.0839. The van der Waals surface area contributed by atoms with Gasteiger partial charge in [-0.15, -0.1) is 0 Å². The third-order valence-corrected chi connectivity index (χ3v) is 9.07. The van der Waals surface area contributed by atoms with E-state index in [-0.39, 0.29) is 18.0 Å². The smallest absolute Gasteiger partial charge is 0.412 e. The second kappa shape index (κ2) is 14.6. The van der Waals surface area contributed by atoms with Gasteiger partial charge < -0.3 is 24.5 Å². The third kappa shape index (κ3) is 12.9. The van der Waals surface area contributed by atoms with Crippen molar-refractivity contribution in [1.29, 1.82) is 0 Å². The first-order valence-corrected chi connectivity index (χ1v) is 20.6. The molecule has 12 heteroatoms. The number of nitro groups is 1. The fourth-order valence-corrected chi connectivity index (χ4v) is 6.28. The summed E-state index contributed by atoms with van der Waals surface area (Å²) in [6.07, 6.45) is 4.80. The number of alkyl carbamates (subject to hydrolysis) is 1. The molecule has 2 amide bonds. The second-order valence-electron chi connectivity index (χ2n) is 12.2. The van der Waals surface area contributed by atoms with E-state index in [1.165, 1.54) is 30.7 Å². The largest absolute Gasteiger partial charge is 0.450 e. The van der Waals surface area contributed by atoms with Crippen LogP contribution in [-0.2, 0) is 9.16 Å². The van der Waals surface area contributed by atoms with Crippen LogP contribution in [0.25, 0.3) is 0 Å². The molecule has 2 rings (SSSR count). The molecular weight excluding hydrogens is 522 g/mol. The van der Waals surface area contributed by atoms with Crippen molar-refractivity contribution in [1.82, 2.24) is 10.6 Å². The first-order chi connectivity index (χ1) is 17.7. The third-order valence-electron chi connectivity index (χ3n) is 6.36. The van der Waals surface area contributed by atoms with Crippen LogP contribution in [-0.4, -0.2) is 58.8 Å². The summed E-state index contributed by atoms with van der Waals surface area (Å²) >= 11 is 0. The SMILES string of the molecule is C[Si](C)(C)CCOC(=O)NC[C@H](O[Si](C)(C)C)[C@H](CC1CCCCC1)NC(=O)Oc1ccc([N+](=O)[O-])cc1. The Kier molecular flexibility index (Phi) is 12.2. The summed E-state index contributed by atoms with van der Waals surface area (Å²) in [6, 6.07) is 5.85. The number of carbonyl (C=O) groups is 2. The first kappa shape index (κ1) is 31.8. The van der Waals surface area contributed by atoms with Gasteiger partial charge in [0.05, 0.1) is 23.7 Å². The van der Waals surface area contributed by atoms with Crippen molar-refractivity contribution in [3.05, 3.63) is 34.4 Å². The number of nitrogens with zero attached hydrogens (tertiary/aromatic N) is 1. The summed E-state index contributed by atoms with van der Waals surface area (Å²) in [4.78, 5) is 35.7. The van der Waals surface area contributed by atoms with E-state index in [0.717, 1.165) is 31.7 Å². The van der Waals surface area contributed by atoms with Gasteiger partial charge in [-0.2, -0.15) is 0 Å². The Morgan fingerprint density at radius 2 is 1.66 bits per heavy atom. The number of amides is 2. The zero-order valence-electron chi connectivity index (χ0n) is 23.7. The predicted octanol–water partition coefficient (Wildman–Crippen LogP) is 6.31. The normalized spacial score (nSPS) is 16.3. The van der Waals surface area contributed by atoms with E-state index in [2.05, 4.69) is 49.9 Å². The number of benzene rings is 1. The van der Waals surface area contributed by atoms with Crippen molar-refractivity contribution >= 4 is 34.3 Å². The van der Waals surface area contributed by atoms with Gasteiger partial charge in [0.15, 0.2) is 8.32 Å². The number of hydrogen-bond acceptors (Lipinski definition) is 7. The van der Waals surface area contributed by atoms with Gasteiger partial charge in [-0.05, 0) is 50.2 Å². The molecule has 1 aromatic rings. The number of ether oxygens (including phenoxy) is 2. The van der Waals surface area contributed by atoms with Crippen LogP contribution in [0, 0.1) is 16.0 Å². The Bertz CT molecular complexity index is 911. The van der Waals surface area contributed by atoms with Crippen LogP contribution in [0.3, 0.4) is 0 Å². The van der Waals surface area contributed by atoms with Gasteiger partial charge in [0.2, 0.25) is 0 Å². The van der Waals surface area contributed by atoms with Crippen LogP contribution < -0.4 is 15.4 Å². The number of hydrogen-bond donors (Lipinski definition) is 2. The summed E-state index contributed by atoms with van der Waals surface area (Å²) in [6.45, 7) is 13.5. The van der Waals surface area contributed by atoms with Crippen molar-refractivity contribution in [2.45, 2.75) is 96.0 Å².